The lowest BCUT2D eigenvalue weighted by atomic mass is 9.90. The van der Waals surface area contributed by atoms with Crippen LogP contribution in [0.1, 0.15) is 39.0 Å². The average Bonchev–Trinajstić information content (AvgIpc) is 2.19. The molecule has 1 rings (SSSR count). The van der Waals surface area contributed by atoms with E-state index in [4.69, 9.17) is 4.74 Å². The Kier molecular flexibility index (Phi) is 4.44. The van der Waals surface area contributed by atoms with Crippen molar-refractivity contribution >= 4 is 5.97 Å². The minimum absolute atomic E-state index is 0.121. The van der Waals surface area contributed by atoms with Crippen molar-refractivity contribution in [2.45, 2.75) is 39.0 Å². The fraction of sp³-hybridized carbons (Fsp3) is 0.583. The van der Waals surface area contributed by atoms with E-state index in [1.54, 1.807) is 0 Å². The van der Waals surface area contributed by atoms with Crippen molar-refractivity contribution < 1.29 is 9.53 Å². The Labute approximate surface area is 85.6 Å². The summed E-state index contributed by atoms with van der Waals surface area (Å²) in [7, 11) is 0. The molecule has 0 amide bonds. The number of carbonyl (C=O) groups excluding carboxylic acids is 1. The monoisotopic (exact) mass is 194 g/mol. The number of carbonyl (C=O) groups is 1. The maximum Gasteiger partial charge on any atom is 0.333 e. The zero-order valence-electron chi connectivity index (χ0n) is 8.84. The van der Waals surface area contributed by atoms with Crippen LogP contribution in [-0.2, 0) is 9.53 Å². The second kappa shape index (κ2) is 5.63. The van der Waals surface area contributed by atoms with Crippen LogP contribution in [0, 0.1) is 0 Å². The zero-order chi connectivity index (χ0) is 10.4. The molecule has 0 spiro atoms. The maximum atomic E-state index is 11.6. The number of esters is 1. The molecule has 0 saturated carbocycles. The van der Waals surface area contributed by atoms with Crippen molar-refractivity contribution in [3.63, 3.8) is 0 Å². The van der Waals surface area contributed by atoms with Gasteiger partial charge >= 0.3 is 5.97 Å². The van der Waals surface area contributed by atoms with Gasteiger partial charge in [0.25, 0.3) is 0 Å². The van der Waals surface area contributed by atoms with Gasteiger partial charge in [0.05, 0.1) is 6.61 Å². The summed E-state index contributed by atoms with van der Waals surface area (Å²) >= 11 is 0. The molecule has 0 N–H and O–H groups in total. The Morgan fingerprint density at radius 1 is 1.50 bits per heavy atom. The van der Waals surface area contributed by atoms with Crippen molar-refractivity contribution in [2.75, 3.05) is 6.61 Å². The largest absolute Gasteiger partial charge is 0.463 e. The summed E-state index contributed by atoms with van der Waals surface area (Å²) in [5.74, 6) is -0.121. The molecule has 1 aliphatic carbocycles. The van der Waals surface area contributed by atoms with E-state index >= 15 is 0 Å². The van der Waals surface area contributed by atoms with Crippen molar-refractivity contribution in [1.29, 1.82) is 0 Å². The summed E-state index contributed by atoms with van der Waals surface area (Å²) in [5, 5.41) is 0. The fourth-order valence-electron chi connectivity index (χ4n) is 1.83. The highest BCUT2D eigenvalue weighted by Gasteiger charge is 2.18. The number of hydrogen-bond donors (Lipinski definition) is 0. The van der Waals surface area contributed by atoms with E-state index in [0.29, 0.717) is 6.61 Å². The Morgan fingerprint density at radius 2 is 2.21 bits per heavy atom. The quantitative estimate of drug-likeness (QED) is 0.508. The first-order valence-electron chi connectivity index (χ1n) is 5.28. The van der Waals surface area contributed by atoms with E-state index in [-0.39, 0.29) is 5.97 Å². The number of ether oxygens (including phenoxy) is 1. The lowest BCUT2D eigenvalue weighted by Gasteiger charge is -2.18. The van der Waals surface area contributed by atoms with E-state index in [1.807, 2.05) is 13.0 Å². The predicted molar refractivity (Wildman–Crippen MR) is 56.9 cm³/mol. The molecule has 0 aromatic carbocycles. The first kappa shape index (κ1) is 11.0. The molecule has 2 heteroatoms. The third kappa shape index (κ3) is 2.72. The van der Waals surface area contributed by atoms with Gasteiger partial charge < -0.3 is 4.74 Å². The van der Waals surface area contributed by atoms with E-state index in [9.17, 15) is 4.79 Å². The van der Waals surface area contributed by atoms with Crippen molar-refractivity contribution in [3.05, 3.63) is 23.8 Å². The lowest BCUT2D eigenvalue weighted by molar-refractivity contribution is -0.138. The van der Waals surface area contributed by atoms with Gasteiger partial charge in [-0.3, -0.25) is 0 Å². The van der Waals surface area contributed by atoms with Gasteiger partial charge in [0.1, 0.15) is 0 Å². The Morgan fingerprint density at radius 3 is 2.86 bits per heavy atom. The van der Waals surface area contributed by atoms with Gasteiger partial charge in [0, 0.05) is 5.57 Å². The molecule has 0 aliphatic heterocycles. The van der Waals surface area contributed by atoms with Crippen molar-refractivity contribution in [3.8, 4) is 0 Å². The molecule has 0 fully saturated rings. The summed E-state index contributed by atoms with van der Waals surface area (Å²) in [6, 6.07) is 0. The SMILES string of the molecule is C=CCC1=C(C(=O)OCC)CCCC1. The highest BCUT2D eigenvalue weighted by atomic mass is 16.5. The second-order valence-electron chi connectivity index (χ2n) is 3.50. The lowest BCUT2D eigenvalue weighted by Crippen LogP contribution is -2.13. The number of allylic oxidation sites excluding steroid dienone is 2. The van der Waals surface area contributed by atoms with Gasteiger partial charge in [0.15, 0.2) is 0 Å². The molecular formula is C12H18O2. The molecule has 0 aromatic heterocycles. The predicted octanol–water partition coefficient (Wildman–Crippen LogP) is 3.00. The van der Waals surface area contributed by atoms with Crippen LogP contribution in [0.25, 0.3) is 0 Å². The molecule has 2 nitrogen and oxygen atoms in total. The number of rotatable bonds is 4. The standard InChI is InChI=1S/C12H18O2/c1-3-7-10-8-5-6-9-11(10)12(13)14-4-2/h3H,1,4-9H2,2H3. The van der Waals surface area contributed by atoms with Crippen LogP contribution in [0.5, 0.6) is 0 Å². The van der Waals surface area contributed by atoms with Crippen LogP contribution < -0.4 is 0 Å². The van der Waals surface area contributed by atoms with E-state index in [0.717, 1.165) is 31.3 Å². The topological polar surface area (TPSA) is 26.3 Å². The average molecular weight is 194 g/mol. The van der Waals surface area contributed by atoms with Gasteiger partial charge in [-0.1, -0.05) is 11.6 Å². The molecule has 1 aliphatic rings. The summed E-state index contributed by atoms with van der Waals surface area (Å²) in [5.41, 5.74) is 2.13. The van der Waals surface area contributed by atoms with Crippen molar-refractivity contribution in [1.82, 2.24) is 0 Å². The third-order valence-electron chi connectivity index (χ3n) is 2.49. The second-order valence-corrected chi connectivity index (χ2v) is 3.50. The van der Waals surface area contributed by atoms with Crippen molar-refractivity contribution in [2.24, 2.45) is 0 Å². The van der Waals surface area contributed by atoms with Gasteiger partial charge in [-0.15, -0.1) is 6.58 Å². The van der Waals surface area contributed by atoms with Gasteiger partial charge in [-0.05, 0) is 39.0 Å². The summed E-state index contributed by atoms with van der Waals surface area (Å²) in [6.07, 6.45) is 6.89. The smallest absolute Gasteiger partial charge is 0.333 e. The maximum absolute atomic E-state index is 11.6. The van der Waals surface area contributed by atoms with E-state index in [1.165, 1.54) is 12.0 Å². The first-order valence-corrected chi connectivity index (χ1v) is 5.28. The molecule has 78 valence electrons. The molecule has 14 heavy (non-hydrogen) atoms. The van der Waals surface area contributed by atoms with Crippen LogP contribution in [0.4, 0.5) is 0 Å². The Bertz CT molecular complexity index is 251. The molecule has 0 heterocycles. The normalized spacial score (nSPS) is 16.6. The molecule has 0 saturated heterocycles. The van der Waals surface area contributed by atoms with Crippen LogP contribution >= 0.6 is 0 Å². The van der Waals surface area contributed by atoms with E-state index < -0.39 is 0 Å². The fourth-order valence-corrected chi connectivity index (χ4v) is 1.83. The highest BCUT2D eigenvalue weighted by molar-refractivity contribution is 5.89. The molecule has 0 aromatic rings. The van der Waals surface area contributed by atoms with Gasteiger partial charge in [-0.2, -0.15) is 0 Å². The molecule has 0 radical (unpaired) electrons. The van der Waals surface area contributed by atoms with Gasteiger partial charge in [0.2, 0.25) is 0 Å². The molecule has 0 unspecified atom stereocenters. The molecule has 0 atom stereocenters. The summed E-state index contributed by atoms with van der Waals surface area (Å²) in [4.78, 5) is 11.6. The van der Waals surface area contributed by atoms with Crippen LogP contribution in [0.3, 0.4) is 0 Å². The molecular weight excluding hydrogens is 176 g/mol. The first-order chi connectivity index (χ1) is 6.79. The van der Waals surface area contributed by atoms with E-state index in [2.05, 4.69) is 6.58 Å². The number of hydrogen-bond acceptors (Lipinski definition) is 2. The summed E-state index contributed by atoms with van der Waals surface area (Å²) < 4.78 is 5.03. The Balaban J connectivity index is 2.76. The minimum atomic E-state index is -0.121. The summed E-state index contributed by atoms with van der Waals surface area (Å²) in [6.45, 7) is 6.01. The zero-order valence-corrected chi connectivity index (χ0v) is 8.84. The third-order valence-corrected chi connectivity index (χ3v) is 2.49. The molecule has 0 bridgehead atoms. The van der Waals surface area contributed by atoms with Gasteiger partial charge in [-0.25, -0.2) is 4.79 Å². The van der Waals surface area contributed by atoms with Crippen LogP contribution in [0.15, 0.2) is 23.8 Å². The Hall–Kier alpha value is -1.05. The minimum Gasteiger partial charge on any atom is -0.463 e. The highest BCUT2D eigenvalue weighted by Crippen LogP contribution is 2.27. The van der Waals surface area contributed by atoms with Crippen LogP contribution in [-0.4, -0.2) is 12.6 Å². The van der Waals surface area contributed by atoms with Crippen LogP contribution in [0.2, 0.25) is 0 Å².